The molecule has 0 radical (unpaired) electrons. The summed E-state index contributed by atoms with van der Waals surface area (Å²) in [5.41, 5.74) is 5.94. The molecule has 1 saturated heterocycles. The topological polar surface area (TPSA) is 106 Å². The summed E-state index contributed by atoms with van der Waals surface area (Å²) in [6, 6.07) is 32.4. The van der Waals surface area contributed by atoms with Gasteiger partial charge in [0.2, 0.25) is 11.8 Å². The molecule has 0 bridgehead atoms. The molecule has 4 aromatic rings. The van der Waals surface area contributed by atoms with E-state index in [0.717, 1.165) is 69.0 Å². The summed E-state index contributed by atoms with van der Waals surface area (Å²) in [5, 5.41) is 15.4. The number of aliphatic hydroxyl groups is 1. The Balaban J connectivity index is 1.25. The second-order valence-electron chi connectivity index (χ2n) is 12.2. The van der Waals surface area contributed by atoms with Crippen LogP contribution in [0, 0.1) is 0 Å². The third-order valence-electron chi connectivity index (χ3n) is 8.47. The van der Waals surface area contributed by atoms with Gasteiger partial charge in [0.15, 0.2) is 6.29 Å². The highest BCUT2D eigenvalue weighted by Gasteiger charge is 2.32. The van der Waals surface area contributed by atoms with Crippen LogP contribution in [0.2, 0.25) is 0 Å². The molecule has 0 unspecified atom stereocenters. The van der Waals surface area contributed by atoms with Gasteiger partial charge in [-0.1, -0.05) is 79.2 Å². The minimum atomic E-state index is -0.569. The summed E-state index contributed by atoms with van der Waals surface area (Å²) in [6.45, 7) is 2.61. The van der Waals surface area contributed by atoms with Crippen molar-refractivity contribution in [2.75, 3.05) is 19.4 Å². The van der Waals surface area contributed by atoms with E-state index in [-0.39, 0.29) is 30.6 Å². The molecule has 49 heavy (non-hydrogen) atoms. The van der Waals surface area contributed by atoms with Crippen LogP contribution in [0.25, 0.3) is 11.1 Å². The Morgan fingerprint density at radius 3 is 2.39 bits per heavy atom. The van der Waals surface area contributed by atoms with Gasteiger partial charge in [-0.15, -0.1) is 11.8 Å². The lowest BCUT2D eigenvalue weighted by Gasteiger charge is -2.36. The molecule has 1 heterocycles. The van der Waals surface area contributed by atoms with Crippen molar-refractivity contribution in [1.29, 1.82) is 0 Å². The van der Waals surface area contributed by atoms with Gasteiger partial charge in [0.05, 0.1) is 25.9 Å². The molecule has 2 amide bonds. The van der Waals surface area contributed by atoms with Crippen molar-refractivity contribution < 1.29 is 28.9 Å². The van der Waals surface area contributed by atoms with Crippen LogP contribution in [-0.2, 0) is 32.2 Å². The van der Waals surface area contributed by atoms with Crippen molar-refractivity contribution in [2.24, 2.45) is 0 Å². The molecule has 0 saturated carbocycles. The van der Waals surface area contributed by atoms with E-state index in [1.54, 1.807) is 18.9 Å². The maximum atomic E-state index is 12.5. The van der Waals surface area contributed by atoms with E-state index in [2.05, 4.69) is 41.0 Å². The number of nitrogens with one attached hydrogen (secondary N) is 2. The van der Waals surface area contributed by atoms with Crippen LogP contribution in [0.3, 0.4) is 0 Å². The first-order valence-electron chi connectivity index (χ1n) is 16.9. The molecular weight excluding hydrogens is 637 g/mol. The van der Waals surface area contributed by atoms with Crippen molar-refractivity contribution in [2.45, 2.75) is 75.6 Å². The quantitative estimate of drug-likeness (QED) is 0.0830. The Kier molecular flexibility index (Phi) is 13.7. The molecule has 8 nitrogen and oxygen atoms in total. The van der Waals surface area contributed by atoms with Gasteiger partial charge in [-0.05, 0) is 64.9 Å². The summed E-state index contributed by atoms with van der Waals surface area (Å²) in [4.78, 5) is 24.5. The molecule has 0 aromatic heterocycles. The van der Waals surface area contributed by atoms with E-state index in [1.165, 1.54) is 6.92 Å². The van der Waals surface area contributed by atoms with Gasteiger partial charge in [0.1, 0.15) is 5.75 Å². The lowest BCUT2D eigenvalue weighted by Crippen LogP contribution is -2.31. The normalized spacial score (nSPS) is 17.3. The second-order valence-corrected chi connectivity index (χ2v) is 13.3. The monoisotopic (exact) mass is 682 g/mol. The molecule has 0 aliphatic carbocycles. The molecular formula is C40H46N2O6S. The van der Waals surface area contributed by atoms with Gasteiger partial charge in [0, 0.05) is 49.1 Å². The number of rotatable bonds is 16. The lowest BCUT2D eigenvalue weighted by molar-refractivity contribution is -0.245. The molecule has 3 atom stereocenters. The molecule has 258 valence electrons. The number of carbonyl (C=O) groups is 2. The zero-order valence-corrected chi connectivity index (χ0v) is 29.0. The van der Waals surface area contributed by atoms with E-state index < -0.39 is 6.29 Å². The van der Waals surface area contributed by atoms with Crippen LogP contribution < -0.4 is 15.4 Å². The minimum absolute atomic E-state index is 0.00178. The summed E-state index contributed by atoms with van der Waals surface area (Å²) in [7, 11) is 1.69. The number of ether oxygens (including phenoxy) is 3. The van der Waals surface area contributed by atoms with Gasteiger partial charge in [-0.2, -0.15) is 0 Å². The van der Waals surface area contributed by atoms with Gasteiger partial charge in [-0.3, -0.25) is 9.59 Å². The molecule has 5 rings (SSSR count). The highest BCUT2D eigenvalue weighted by molar-refractivity contribution is 7.99. The van der Waals surface area contributed by atoms with E-state index >= 15 is 0 Å². The summed E-state index contributed by atoms with van der Waals surface area (Å²) in [6.07, 6.45) is 2.89. The summed E-state index contributed by atoms with van der Waals surface area (Å²) >= 11 is 1.71. The van der Waals surface area contributed by atoms with E-state index in [1.807, 2.05) is 66.7 Å². The van der Waals surface area contributed by atoms with Gasteiger partial charge >= 0.3 is 0 Å². The largest absolute Gasteiger partial charge is 0.496 e. The zero-order chi connectivity index (χ0) is 34.4. The standard InChI is InChI=1S/C40H46N2O6S/c1-28(44)41-21-7-3-4-16-39(45)42-25-30-10-8-11-32(22-30)33-12-9-13-34(23-33)40-47-35(27-49-38-15-6-5-14-36(38)46-2)24-37(48-40)31-19-17-29(26-43)18-20-31/h5-6,8-15,17-20,22-23,35,37,40,43H,3-4,7,16,21,24-27H2,1-2H3,(H,41,44)(H,42,45)/t35-,37+,40+/m0/s1. The number of aliphatic hydroxyl groups excluding tert-OH is 1. The van der Waals surface area contributed by atoms with Crippen molar-refractivity contribution in [3.8, 4) is 16.9 Å². The number of unbranched alkanes of at least 4 members (excludes halogenated alkanes) is 2. The van der Waals surface area contributed by atoms with Gasteiger partial charge < -0.3 is 30.0 Å². The number of amides is 2. The number of carbonyl (C=O) groups excluding carboxylic acids is 2. The zero-order valence-electron chi connectivity index (χ0n) is 28.2. The van der Waals surface area contributed by atoms with Gasteiger partial charge in [0.25, 0.3) is 0 Å². The molecule has 1 fully saturated rings. The smallest absolute Gasteiger partial charge is 0.220 e. The number of thioether (sulfide) groups is 1. The number of benzene rings is 4. The van der Waals surface area contributed by atoms with Crippen molar-refractivity contribution in [1.82, 2.24) is 10.6 Å². The number of hydrogen-bond donors (Lipinski definition) is 3. The molecule has 1 aliphatic rings. The fraction of sp³-hybridized carbons (Fsp3) is 0.350. The first-order valence-corrected chi connectivity index (χ1v) is 17.9. The second kappa shape index (κ2) is 18.6. The van der Waals surface area contributed by atoms with Gasteiger partial charge in [-0.25, -0.2) is 0 Å². The van der Waals surface area contributed by atoms with E-state index in [4.69, 9.17) is 14.2 Å². The summed E-state index contributed by atoms with van der Waals surface area (Å²) in [5.74, 6) is 1.58. The highest BCUT2D eigenvalue weighted by Crippen LogP contribution is 2.41. The maximum Gasteiger partial charge on any atom is 0.220 e. The fourth-order valence-corrected chi connectivity index (χ4v) is 6.86. The Hall–Kier alpha value is -4.15. The van der Waals surface area contributed by atoms with Crippen LogP contribution >= 0.6 is 11.8 Å². The minimum Gasteiger partial charge on any atom is -0.496 e. The Morgan fingerprint density at radius 1 is 0.837 bits per heavy atom. The van der Waals surface area contributed by atoms with Crippen molar-refractivity contribution in [3.05, 3.63) is 119 Å². The highest BCUT2D eigenvalue weighted by atomic mass is 32.2. The van der Waals surface area contributed by atoms with Crippen LogP contribution in [0.5, 0.6) is 5.75 Å². The third-order valence-corrected chi connectivity index (χ3v) is 9.66. The molecule has 1 aliphatic heterocycles. The predicted octanol–water partition coefficient (Wildman–Crippen LogP) is 7.50. The average molecular weight is 683 g/mol. The van der Waals surface area contributed by atoms with Crippen LogP contribution in [0.4, 0.5) is 0 Å². The number of para-hydroxylation sites is 1. The first-order chi connectivity index (χ1) is 23.9. The maximum absolute atomic E-state index is 12.5. The molecule has 0 spiro atoms. The predicted molar refractivity (Wildman–Crippen MR) is 193 cm³/mol. The Morgan fingerprint density at radius 2 is 1.61 bits per heavy atom. The van der Waals surface area contributed by atoms with Crippen LogP contribution in [0.15, 0.2) is 102 Å². The average Bonchev–Trinajstić information content (AvgIpc) is 3.14. The molecule has 3 N–H and O–H groups in total. The molecule has 4 aromatic carbocycles. The Bertz CT molecular complexity index is 1660. The molecule has 9 heteroatoms. The number of hydrogen-bond acceptors (Lipinski definition) is 7. The third kappa shape index (κ3) is 10.9. The Labute approximate surface area is 293 Å². The first kappa shape index (κ1) is 36.1. The van der Waals surface area contributed by atoms with E-state index in [0.29, 0.717) is 25.9 Å². The number of methoxy groups -OCH3 is 1. The van der Waals surface area contributed by atoms with E-state index in [9.17, 15) is 14.7 Å². The van der Waals surface area contributed by atoms with Crippen LogP contribution in [-0.4, -0.2) is 42.4 Å². The van der Waals surface area contributed by atoms with Crippen LogP contribution in [0.1, 0.15) is 73.7 Å². The van der Waals surface area contributed by atoms with Crippen molar-refractivity contribution >= 4 is 23.6 Å². The SMILES string of the molecule is COc1ccccc1SC[C@@H]1C[C@H](c2ccc(CO)cc2)O[C@H](c2cccc(-c3cccc(CNC(=O)CCCCCNC(C)=O)c3)c2)O1. The fourth-order valence-electron chi connectivity index (χ4n) is 5.81. The lowest BCUT2D eigenvalue weighted by atomic mass is 9.99. The van der Waals surface area contributed by atoms with Crippen molar-refractivity contribution in [3.63, 3.8) is 0 Å². The summed E-state index contributed by atoms with van der Waals surface area (Å²) < 4.78 is 18.8.